The predicted octanol–water partition coefficient (Wildman–Crippen LogP) is 4.45. The van der Waals surface area contributed by atoms with Crippen LogP contribution in [0.5, 0.6) is 0 Å². The molecule has 3 nitrogen and oxygen atoms in total. The first-order valence-electron chi connectivity index (χ1n) is 8.09. The third kappa shape index (κ3) is 4.32. The Morgan fingerprint density at radius 3 is 2.78 bits per heavy atom. The quantitative estimate of drug-likeness (QED) is 0.877. The molecule has 3 rings (SSSR count). The molecule has 122 valence electrons. The zero-order valence-corrected chi connectivity index (χ0v) is 13.9. The van der Waals surface area contributed by atoms with E-state index < -0.39 is 0 Å². The Balaban J connectivity index is 1.62. The highest BCUT2D eigenvalue weighted by Crippen LogP contribution is 2.25. The molecule has 1 N–H and O–H groups in total. The van der Waals surface area contributed by atoms with E-state index in [1.165, 1.54) is 30.2 Å². The van der Waals surface area contributed by atoms with Crippen molar-refractivity contribution in [3.05, 3.63) is 46.4 Å². The van der Waals surface area contributed by atoms with Crippen molar-refractivity contribution in [1.29, 1.82) is 0 Å². The van der Waals surface area contributed by atoms with E-state index in [-0.39, 0.29) is 17.4 Å². The smallest absolute Gasteiger partial charge is 0.224 e. The van der Waals surface area contributed by atoms with E-state index in [9.17, 15) is 9.18 Å². The number of rotatable bonds is 5. The van der Waals surface area contributed by atoms with Crippen LogP contribution < -0.4 is 10.2 Å². The number of anilines is 2. The fourth-order valence-electron chi connectivity index (χ4n) is 2.86. The number of hydrogen-bond acceptors (Lipinski definition) is 3. The summed E-state index contributed by atoms with van der Waals surface area (Å²) in [5, 5.41) is 4.71. The van der Waals surface area contributed by atoms with E-state index in [4.69, 9.17) is 0 Å². The van der Waals surface area contributed by atoms with Gasteiger partial charge in [-0.1, -0.05) is 6.07 Å². The second-order valence-electron chi connectivity index (χ2n) is 5.84. The topological polar surface area (TPSA) is 32.3 Å². The maximum Gasteiger partial charge on any atom is 0.224 e. The van der Waals surface area contributed by atoms with Crippen molar-refractivity contribution in [1.82, 2.24) is 0 Å². The molecule has 1 aromatic heterocycles. The van der Waals surface area contributed by atoms with Crippen LogP contribution in [0.2, 0.25) is 0 Å². The summed E-state index contributed by atoms with van der Waals surface area (Å²) in [5.74, 6) is -0.525. The van der Waals surface area contributed by atoms with Crippen LogP contribution in [0.15, 0.2) is 35.7 Å². The Hall–Kier alpha value is -1.88. The first-order valence-corrected chi connectivity index (χ1v) is 8.97. The monoisotopic (exact) mass is 332 g/mol. The van der Waals surface area contributed by atoms with E-state index in [2.05, 4.69) is 10.2 Å². The van der Waals surface area contributed by atoms with Crippen LogP contribution in [0.1, 0.15) is 30.6 Å². The Labute approximate surface area is 140 Å². The van der Waals surface area contributed by atoms with Crippen LogP contribution in [0.4, 0.5) is 15.8 Å². The molecule has 0 bridgehead atoms. The molecule has 0 atom stereocenters. The molecule has 2 heterocycles. The summed E-state index contributed by atoms with van der Waals surface area (Å²) in [6.07, 6.45) is 4.65. The molecule has 0 aliphatic carbocycles. The van der Waals surface area contributed by atoms with Gasteiger partial charge in [0.1, 0.15) is 5.82 Å². The molecule has 1 aliphatic heterocycles. The number of thiophene rings is 1. The number of hydrogen-bond donors (Lipinski definition) is 1. The number of aryl methyl sites for hydroxylation is 1. The summed E-state index contributed by atoms with van der Waals surface area (Å²) in [4.78, 5) is 15.5. The van der Waals surface area contributed by atoms with Gasteiger partial charge in [-0.25, -0.2) is 4.39 Å². The van der Waals surface area contributed by atoms with Crippen LogP contribution in [0, 0.1) is 5.82 Å². The maximum absolute atomic E-state index is 14.0. The molecule has 1 amide bonds. The Morgan fingerprint density at radius 1 is 1.22 bits per heavy atom. The highest BCUT2D eigenvalue weighted by atomic mass is 32.1. The minimum Gasteiger partial charge on any atom is -0.371 e. The number of halogens is 1. The van der Waals surface area contributed by atoms with Gasteiger partial charge in [0.25, 0.3) is 0 Å². The summed E-state index contributed by atoms with van der Waals surface area (Å²) in [6, 6.07) is 8.97. The minimum atomic E-state index is -0.379. The first-order chi connectivity index (χ1) is 11.2. The van der Waals surface area contributed by atoms with Crippen molar-refractivity contribution in [2.24, 2.45) is 0 Å². The molecule has 1 aliphatic rings. The summed E-state index contributed by atoms with van der Waals surface area (Å²) in [7, 11) is 0. The SMILES string of the molecule is O=C(CCc1cccs1)Nc1cc(N2CCCCC2)ccc1F. The van der Waals surface area contributed by atoms with Crippen LogP contribution in [0.3, 0.4) is 0 Å². The Kier molecular flexibility index (Phi) is 5.28. The van der Waals surface area contributed by atoms with Gasteiger partial charge in [0.05, 0.1) is 5.69 Å². The van der Waals surface area contributed by atoms with Gasteiger partial charge in [-0.3, -0.25) is 4.79 Å². The van der Waals surface area contributed by atoms with E-state index in [0.717, 1.165) is 18.8 Å². The number of nitrogens with zero attached hydrogens (tertiary/aromatic N) is 1. The lowest BCUT2D eigenvalue weighted by Crippen LogP contribution is -2.29. The molecule has 2 aromatic rings. The van der Waals surface area contributed by atoms with E-state index in [1.54, 1.807) is 23.5 Å². The highest BCUT2D eigenvalue weighted by molar-refractivity contribution is 7.09. The predicted molar refractivity (Wildman–Crippen MR) is 93.7 cm³/mol. The zero-order valence-electron chi connectivity index (χ0n) is 13.1. The molecular weight excluding hydrogens is 311 g/mol. The summed E-state index contributed by atoms with van der Waals surface area (Å²) in [6.45, 7) is 1.99. The van der Waals surface area contributed by atoms with Gasteiger partial charge < -0.3 is 10.2 Å². The lowest BCUT2D eigenvalue weighted by atomic mass is 10.1. The summed E-state index contributed by atoms with van der Waals surface area (Å²) >= 11 is 1.63. The fraction of sp³-hybridized carbons (Fsp3) is 0.389. The number of benzene rings is 1. The van der Waals surface area contributed by atoms with Crippen molar-refractivity contribution in [2.75, 3.05) is 23.3 Å². The van der Waals surface area contributed by atoms with Crippen LogP contribution >= 0.6 is 11.3 Å². The highest BCUT2D eigenvalue weighted by Gasteiger charge is 2.14. The van der Waals surface area contributed by atoms with Gasteiger partial charge in [-0.05, 0) is 55.3 Å². The van der Waals surface area contributed by atoms with Gasteiger partial charge in [0.15, 0.2) is 0 Å². The van der Waals surface area contributed by atoms with E-state index in [0.29, 0.717) is 12.8 Å². The van der Waals surface area contributed by atoms with Crippen molar-refractivity contribution in [2.45, 2.75) is 32.1 Å². The number of carbonyl (C=O) groups is 1. The molecule has 0 spiro atoms. The largest absolute Gasteiger partial charge is 0.371 e. The number of carbonyl (C=O) groups excluding carboxylic acids is 1. The number of amides is 1. The van der Waals surface area contributed by atoms with Gasteiger partial charge in [-0.2, -0.15) is 0 Å². The summed E-state index contributed by atoms with van der Waals surface area (Å²) < 4.78 is 14.0. The molecule has 0 radical (unpaired) electrons. The number of piperidine rings is 1. The van der Waals surface area contributed by atoms with Gasteiger partial charge in [0, 0.05) is 30.1 Å². The van der Waals surface area contributed by atoms with Crippen molar-refractivity contribution >= 4 is 28.6 Å². The molecule has 0 saturated carbocycles. The molecule has 1 aromatic carbocycles. The van der Waals surface area contributed by atoms with Crippen molar-refractivity contribution in [3.8, 4) is 0 Å². The number of nitrogens with one attached hydrogen (secondary N) is 1. The standard InChI is InChI=1S/C18H21FN2OS/c19-16-8-6-14(21-10-2-1-3-11-21)13-17(16)20-18(22)9-7-15-5-4-12-23-15/h4-6,8,12-13H,1-3,7,9-11H2,(H,20,22). The zero-order chi connectivity index (χ0) is 16.1. The second-order valence-corrected chi connectivity index (χ2v) is 6.87. The van der Waals surface area contributed by atoms with Gasteiger partial charge >= 0.3 is 0 Å². The lowest BCUT2D eigenvalue weighted by Gasteiger charge is -2.29. The van der Waals surface area contributed by atoms with Gasteiger partial charge in [-0.15, -0.1) is 11.3 Å². The molecule has 5 heteroatoms. The second kappa shape index (κ2) is 7.59. The molecule has 1 saturated heterocycles. The fourth-order valence-corrected chi connectivity index (χ4v) is 3.57. The van der Waals surface area contributed by atoms with E-state index in [1.807, 2.05) is 17.5 Å². The Bertz CT molecular complexity index is 651. The lowest BCUT2D eigenvalue weighted by molar-refractivity contribution is -0.116. The summed E-state index contributed by atoms with van der Waals surface area (Å²) in [5.41, 5.74) is 1.27. The van der Waals surface area contributed by atoms with Crippen LogP contribution in [-0.2, 0) is 11.2 Å². The van der Waals surface area contributed by atoms with Crippen molar-refractivity contribution in [3.63, 3.8) is 0 Å². The first kappa shape index (κ1) is 16.0. The molecule has 0 unspecified atom stereocenters. The molecule has 1 fully saturated rings. The Morgan fingerprint density at radius 2 is 2.04 bits per heavy atom. The van der Waals surface area contributed by atoms with E-state index >= 15 is 0 Å². The molecule has 23 heavy (non-hydrogen) atoms. The van der Waals surface area contributed by atoms with Crippen LogP contribution in [-0.4, -0.2) is 19.0 Å². The van der Waals surface area contributed by atoms with Crippen LogP contribution in [0.25, 0.3) is 0 Å². The normalized spacial score (nSPS) is 14.7. The third-order valence-electron chi connectivity index (χ3n) is 4.12. The minimum absolute atomic E-state index is 0.145. The molecular formula is C18H21FN2OS. The van der Waals surface area contributed by atoms with Gasteiger partial charge in [0.2, 0.25) is 5.91 Å². The third-order valence-corrected chi connectivity index (χ3v) is 5.06. The average molecular weight is 332 g/mol. The van der Waals surface area contributed by atoms with Crippen molar-refractivity contribution < 1.29 is 9.18 Å². The average Bonchev–Trinajstić information content (AvgIpc) is 3.09. The maximum atomic E-state index is 14.0.